The predicted molar refractivity (Wildman–Crippen MR) is 63.7 cm³/mol. The number of rotatable bonds is 5. The summed E-state index contributed by atoms with van der Waals surface area (Å²) >= 11 is 0. The number of benzene rings is 1. The topological polar surface area (TPSA) is 76.0 Å². The van der Waals surface area contributed by atoms with Gasteiger partial charge in [-0.15, -0.1) is 0 Å². The van der Waals surface area contributed by atoms with Gasteiger partial charge in [0.1, 0.15) is 18.1 Å². The van der Waals surface area contributed by atoms with Crippen molar-refractivity contribution >= 4 is 5.97 Å². The van der Waals surface area contributed by atoms with Crippen LogP contribution in [0.3, 0.4) is 0 Å². The number of phenolic OH excluding ortho intramolecular Hbond substituents is 1. The van der Waals surface area contributed by atoms with Gasteiger partial charge < -0.3 is 19.7 Å². The van der Waals surface area contributed by atoms with Crippen LogP contribution in [0.5, 0.6) is 11.5 Å². The van der Waals surface area contributed by atoms with Crippen molar-refractivity contribution in [2.45, 2.75) is 6.42 Å². The zero-order valence-corrected chi connectivity index (χ0v) is 9.91. The van der Waals surface area contributed by atoms with Crippen LogP contribution >= 0.6 is 0 Å². The fourth-order valence-corrected chi connectivity index (χ4v) is 2.01. The molecule has 1 aliphatic rings. The van der Waals surface area contributed by atoms with Gasteiger partial charge in [0.25, 0.3) is 0 Å². The number of hydrogen-bond acceptors (Lipinski definition) is 4. The molecule has 5 nitrogen and oxygen atoms in total. The van der Waals surface area contributed by atoms with Gasteiger partial charge in [0.15, 0.2) is 0 Å². The van der Waals surface area contributed by atoms with Crippen molar-refractivity contribution in [1.29, 1.82) is 0 Å². The summed E-state index contributed by atoms with van der Waals surface area (Å²) in [6, 6.07) is 6.23. The minimum atomic E-state index is -0.857. The normalized spacial score (nSPS) is 20.6. The zero-order chi connectivity index (χ0) is 13.0. The molecule has 0 spiro atoms. The lowest BCUT2D eigenvalue weighted by Crippen LogP contribution is -2.29. The van der Waals surface area contributed by atoms with Gasteiger partial charge in [-0.05, 0) is 30.7 Å². The zero-order valence-electron chi connectivity index (χ0n) is 9.91. The van der Waals surface area contributed by atoms with E-state index in [1.54, 1.807) is 12.1 Å². The molecule has 1 heterocycles. The highest BCUT2D eigenvalue weighted by Crippen LogP contribution is 2.24. The summed E-state index contributed by atoms with van der Waals surface area (Å²) in [5, 5.41) is 18.3. The van der Waals surface area contributed by atoms with Gasteiger partial charge in [0.05, 0.1) is 12.5 Å². The number of carboxylic acids is 1. The van der Waals surface area contributed by atoms with Gasteiger partial charge in [-0.2, -0.15) is 0 Å². The molecule has 0 amide bonds. The van der Waals surface area contributed by atoms with E-state index in [1.807, 2.05) is 0 Å². The first kappa shape index (κ1) is 12.7. The summed E-state index contributed by atoms with van der Waals surface area (Å²) in [5.41, 5.74) is 0. The second-order valence-corrected chi connectivity index (χ2v) is 4.37. The summed E-state index contributed by atoms with van der Waals surface area (Å²) in [4.78, 5) is 11.2. The number of carboxylic acid groups (broad SMARTS) is 1. The Morgan fingerprint density at radius 1 is 1.44 bits per heavy atom. The van der Waals surface area contributed by atoms with Gasteiger partial charge >= 0.3 is 5.97 Å². The van der Waals surface area contributed by atoms with E-state index in [0.29, 0.717) is 19.0 Å². The molecule has 2 unspecified atom stereocenters. The van der Waals surface area contributed by atoms with Crippen LogP contribution in [0.4, 0.5) is 0 Å². The molecular weight excluding hydrogens is 236 g/mol. The molecule has 1 aromatic carbocycles. The van der Waals surface area contributed by atoms with E-state index in [1.165, 1.54) is 12.1 Å². The molecule has 0 radical (unpaired) electrons. The molecule has 1 aromatic rings. The lowest BCUT2D eigenvalue weighted by atomic mass is 9.92. The Morgan fingerprint density at radius 2 is 2.17 bits per heavy atom. The summed E-state index contributed by atoms with van der Waals surface area (Å²) in [5.74, 6) is -0.690. The first-order valence-corrected chi connectivity index (χ1v) is 5.89. The fraction of sp³-hybridized carbons (Fsp3) is 0.462. The van der Waals surface area contributed by atoms with Gasteiger partial charge in [-0.1, -0.05) is 0 Å². The molecule has 2 rings (SSSR count). The van der Waals surface area contributed by atoms with Crippen LogP contribution in [0.1, 0.15) is 6.42 Å². The molecule has 0 aliphatic carbocycles. The fourth-order valence-electron chi connectivity index (χ4n) is 2.01. The van der Waals surface area contributed by atoms with E-state index in [0.717, 1.165) is 6.42 Å². The second kappa shape index (κ2) is 5.73. The number of ether oxygens (including phenoxy) is 2. The molecule has 0 bridgehead atoms. The quantitative estimate of drug-likeness (QED) is 0.830. The van der Waals surface area contributed by atoms with Crippen molar-refractivity contribution in [3.63, 3.8) is 0 Å². The number of carbonyl (C=O) groups is 1. The average Bonchev–Trinajstić information content (AvgIpc) is 2.85. The maximum atomic E-state index is 11.2. The molecule has 0 aromatic heterocycles. The molecule has 18 heavy (non-hydrogen) atoms. The minimum absolute atomic E-state index is 0.0135. The van der Waals surface area contributed by atoms with Crippen molar-refractivity contribution in [2.75, 3.05) is 19.8 Å². The Labute approximate surface area is 105 Å². The third-order valence-corrected chi connectivity index (χ3v) is 3.12. The Balaban J connectivity index is 1.93. The Kier molecular flexibility index (Phi) is 4.04. The highest BCUT2D eigenvalue weighted by molar-refractivity contribution is 5.70. The molecule has 1 saturated heterocycles. The van der Waals surface area contributed by atoms with Gasteiger partial charge in [0.2, 0.25) is 0 Å². The number of aliphatic carboxylic acids is 1. The second-order valence-electron chi connectivity index (χ2n) is 4.37. The first-order chi connectivity index (χ1) is 8.66. The molecule has 2 N–H and O–H groups in total. The maximum Gasteiger partial charge on any atom is 0.310 e. The van der Waals surface area contributed by atoms with Crippen LogP contribution in [0.25, 0.3) is 0 Å². The molecule has 1 fully saturated rings. The van der Waals surface area contributed by atoms with Crippen LogP contribution in [-0.2, 0) is 9.53 Å². The maximum absolute atomic E-state index is 11.2. The third kappa shape index (κ3) is 3.13. The minimum Gasteiger partial charge on any atom is -0.508 e. The first-order valence-electron chi connectivity index (χ1n) is 5.89. The van der Waals surface area contributed by atoms with Crippen molar-refractivity contribution in [1.82, 2.24) is 0 Å². The highest BCUT2D eigenvalue weighted by Gasteiger charge is 2.31. The van der Waals surface area contributed by atoms with Crippen molar-refractivity contribution < 1.29 is 24.5 Å². The standard InChI is InChI=1S/C13H16O5/c14-10-1-3-11(4-2-10)18-8-12(13(15)16)9-5-6-17-7-9/h1-4,9,12,14H,5-8H2,(H,15,16). The van der Waals surface area contributed by atoms with Gasteiger partial charge in [-0.25, -0.2) is 0 Å². The molecule has 5 heteroatoms. The van der Waals surface area contributed by atoms with Crippen LogP contribution in [-0.4, -0.2) is 36.0 Å². The van der Waals surface area contributed by atoms with Crippen molar-refractivity contribution in [3.8, 4) is 11.5 Å². The van der Waals surface area contributed by atoms with Crippen LogP contribution in [0.2, 0.25) is 0 Å². The molecular formula is C13H16O5. The van der Waals surface area contributed by atoms with Crippen LogP contribution in [0, 0.1) is 11.8 Å². The van der Waals surface area contributed by atoms with Crippen LogP contribution in [0.15, 0.2) is 24.3 Å². The number of hydrogen-bond donors (Lipinski definition) is 2. The average molecular weight is 252 g/mol. The van der Waals surface area contributed by atoms with Crippen molar-refractivity contribution in [3.05, 3.63) is 24.3 Å². The lowest BCUT2D eigenvalue weighted by Gasteiger charge is -2.18. The van der Waals surface area contributed by atoms with Crippen molar-refractivity contribution in [2.24, 2.45) is 11.8 Å². The Morgan fingerprint density at radius 3 is 2.72 bits per heavy atom. The van der Waals surface area contributed by atoms with E-state index in [2.05, 4.69) is 0 Å². The molecule has 0 saturated carbocycles. The summed E-state index contributed by atoms with van der Waals surface area (Å²) in [7, 11) is 0. The highest BCUT2D eigenvalue weighted by atomic mass is 16.5. The SMILES string of the molecule is O=C(O)C(COc1ccc(O)cc1)C1CCOC1. The number of phenols is 1. The molecule has 98 valence electrons. The molecule has 1 aliphatic heterocycles. The summed E-state index contributed by atoms with van der Waals surface area (Å²) < 4.78 is 10.7. The monoisotopic (exact) mass is 252 g/mol. The Bertz CT molecular complexity index is 394. The number of aromatic hydroxyl groups is 1. The van der Waals surface area contributed by atoms with E-state index < -0.39 is 11.9 Å². The van der Waals surface area contributed by atoms with E-state index in [9.17, 15) is 9.90 Å². The largest absolute Gasteiger partial charge is 0.508 e. The van der Waals surface area contributed by atoms with Gasteiger partial charge in [0, 0.05) is 12.5 Å². The third-order valence-electron chi connectivity index (χ3n) is 3.12. The van der Waals surface area contributed by atoms with Crippen LogP contribution < -0.4 is 4.74 Å². The van der Waals surface area contributed by atoms with E-state index >= 15 is 0 Å². The summed E-state index contributed by atoms with van der Waals surface area (Å²) in [6.45, 7) is 1.22. The lowest BCUT2D eigenvalue weighted by molar-refractivity contribution is -0.145. The van der Waals surface area contributed by atoms with E-state index in [-0.39, 0.29) is 18.3 Å². The van der Waals surface area contributed by atoms with Gasteiger partial charge in [-0.3, -0.25) is 4.79 Å². The predicted octanol–water partition coefficient (Wildman–Crippen LogP) is 1.51. The van der Waals surface area contributed by atoms with E-state index in [4.69, 9.17) is 14.6 Å². The molecule has 2 atom stereocenters. The smallest absolute Gasteiger partial charge is 0.310 e. The summed E-state index contributed by atoms with van der Waals surface area (Å²) in [6.07, 6.45) is 0.760. The Hall–Kier alpha value is -1.75.